The Hall–Kier alpha value is -0.650. The molecule has 0 fully saturated rings. The van der Waals surface area contributed by atoms with Gasteiger partial charge in [0.15, 0.2) is 0 Å². The minimum Gasteiger partial charge on any atom is -0.468 e. The van der Waals surface area contributed by atoms with Crippen molar-refractivity contribution in [3.63, 3.8) is 0 Å². The van der Waals surface area contributed by atoms with Crippen LogP contribution in [0.15, 0.2) is 0 Å². The lowest BCUT2D eigenvalue weighted by Crippen LogP contribution is -2.38. The highest BCUT2D eigenvalue weighted by Crippen LogP contribution is 1.94. The molecule has 0 saturated carbocycles. The number of rotatable bonds is 8. The van der Waals surface area contributed by atoms with E-state index in [0.29, 0.717) is 26.3 Å². The van der Waals surface area contributed by atoms with E-state index < -0.39 is 6.10 Å². The molecule has 0 aliphatic carbocycles. The lowest BCUT2D eigenvalue weighted by atomic mass is 10.3. The van der Waals surface area contributed by atoms with Crippen LogP contribution in [-0.4, -0.2) is 62.0 Å². The summed E-state index contributed by atoms with van der Waals surface area (Å²) in [5.74, 6) is -0.291. The maximum absolute atomic E-state index is 11.0. The lowest BCUT2D eigenvalue weighted by Gasteiger charge is -2.22. The van der Waals surface area contributed by atoms with E-state index in [2.05, 4.69) is 4.74 Å². The number of methoxy groups -OCH3 is 1. The molecule has 5 heteroatoms. The first-order chi connectivity index (χ1) is 7.13. The van der Waals surface area contributed by atoms with Crippen molar-refractivity contribution in [1.29, 1.82) is 0 Å². The van der Waals surface area contributed by atoms with Gasteiger partial charge in [0.05, 0.1) is 26.4 Å². The van der Waals surface area contributed by atoms with Gasteiger partial charge in [-0.3, -0.25) is 9.69 Å². The van der Waals surface area contributed by atoms with Crippen LogP contribution < -0.4 is 0 Å². The minimum atomic E-state index is -0.561. The van der Waals surface area contributed by atoms with Crippen LogP contribution in [-0.2, 0) is 14.3 Å². The molecule has 0 heterocycles. The molecule has 1 N–H and O–H groups in total. The molecule has 0 aromatic rings. The number of likely N-dealkylation sites (N-methyl/N-ethyl adjacent to an activating group) is 1. The fourth-order valence-corrected chi connectivity index (χ4v) is 1.16. The third-order valence-electron chi connectivity index (χ3n) is 2.01. The number of ether oxygens (including phenoxy) is 2. The van der Waals surface area contributed by atoms with Gasteiger partial charge in [0.2, 0.25) is 0 Å². The highest BCUT2D eigenvalue weighted by Gasteiger charge is 2.13. The average molecular weight is 219 g/mol. The number of aliphatic hydroxyl groups is 1. The average Bonchev–Trinajstić information content (AvgIpc) is 2.25. The molecule has 15 heavy (non-hydrogen) atoms. The zero-order valence-corrected chi connectivity index (χ0v) is 9.73. The summed E-state index contributed by atoms with van der Waals surface area (Å²) in [6.07, 6.45) is -0.561. The largest absolute Gasteiger partial charge is 0.468 e. The SMILES string of the molecule is CCOCC(O)CN(CC)CC(=O)OC. The molecule has 1 unspecified atom stereocenters. The van der Waals surface area contributed by atoms with Crippen LogP contribution in [0.4, 0.5) is 0 Å². The first-order valence-electron chi connectivity index (χ1n) is 5.18. The first kappa shape index (κ1) is 14.3. The van der Waals surface area contributed by atoms with Gasteiger partial charge in [0.1, 0.15) is 0 Å². The van der Waals surface area contributed by atoms with E-state index >= 15 is 0 Å². The fourth-order valence-electron chi connectivity index (χ4n) is 1.16. The molecule has 90 valence electrons. The predicted octanol–water partition coefficient (Wildman–Crippen LogP) is -0.121. The topological polar surface area (TPSA) is 59.0 Å². The van der Waals surface area contributed by atoms with Crippen LogP contribution in [0.2, 0.25) is 0 Å². The number of aliphatic hydroxyl groups excluding tert-OH is 1. The maximum Gasteiger partial charge on any atom is 0.319 e. The van der Waals surface area contributed by atoms with Crippen molar-refractivity contribution in [2.75, 3.05) is 40.0 Å². The second-order valence-corrected chi connectivity index (χ2v) is 3.22. The summed E-state index contributed by atoms with van der Waals surface area (Å²) in [6.45, 7) is 6.00. The van der Waals surface area contributed by atoms with Crippen molar-refractivity contribution in [2.24, 2.45) is 0 Å². The Balaban J connectivity index is 3.81. The second kappa shape index (κ2) is 8.64. The van der Waals surface area contributed by atoms with Gasteiger partial charge < -0.3 is 14.6 Å². The zero-order chi connectivity index (χ0) is 11.7. The van der Waals surface area contributed by atoms with Crippen LogP contribution in [0.1, 0.15) is 13.8 Å². The van der Waals surface area contributed by atoms with Gasteiger partial charge in [-0.25, -0.2) is 0 Å². The normalized spacial score (nSPS) is 12.9. The number of carbonyl (C=O) groups is 1. The number of esters is 1. The van der Waals surface area contributed by atoms with E-state index in [4.69, 9.17) is 4.74 Å². The number of carbonyl (C=O) groups excluding carboxylic acids is 1. The van der Waals surface area contributed by atoms with Gasteiger partial charge in [-0.1, -0.05) is 6.92 Å². The Kier molecular flexibility index (Phi) is 8.27. The molecule has 0 aromatic heterocycles. The van der Waals surface area contributed by atoms with Crippen molar-refractivity contribution in [2.45, 2.75) is 20.0 Å². The van der Waals surface area contributed by atoms with Gasteiger partial charge in [0, 0.05) is 13.2 Å². The zero-order valence-electron chi connectivity index (χ0n) is 9.73. The minimum absolute atomic E-state index is 0.205. The fraction of sp³-hybridized carbons (Fsp3) is 0.900. The van der Waals surface area contributed by atoms with Crippen LogP contribution in [0, 0.1) is 0 Å². The standard InChI is InChI=1S/C10H21NO4/c1-4-11(7-10(13)14-3)6-9(12)8-15-5-2/h9,12H,4-8H2,1-3H3. The molecule has 0 bridgehead atoms. The number of hydrogen-bond acceptors (Lipinski definition) is 5. The summed E-state index contributed by atoms with van der Waals surface area (Å²) in [5.41, 5.74) is 0. The Labute approximate surface area is 91.0 Å². The maximum atomic E-state index is 11.0. The summed E-state index contributed by atoms with van der Waals surface area (Å²) in [4.78, 5) is 12.8. The Morgan fingerprint density at radius 1 is 1.47 bits per heavy atom. The molecule has 0 aromatic carbocycles. The molecule has 0 aliphatic rings. The van der Waals surface area contributed by atoms with E-state index in [1.54, 1.807) is 0 Å². The van der Waals surface area contributed by atoms with Gasteiger partial charge in [-0.05, 0) is 13.5 Å². The Morgan fingerprint density at radius 3 is 2.60 bits per heavy atom. The van der Waals surface area contributed by atoms with Crippen LogP contribution >= 0.6 is 0 Å². The first-order valence-corrected chi connectivity index (χ1v) is 5.18. The summed E-state index contributed by atoms with van der Waals surface area (Å²) < 4.78 is 9.63. The molecule has 0 aliphatic heterocycles. The number of hydrogen-bond donors (Lipinski definition) is 1. The van der Waals surface area contributed by atoms with E-state index in [1.165, 1.54) is 7.11 Å². The molecule has 5 nitrogen and oxygen atoms in total. The Morgan fingerprint density at radius 2 is 2.13 bits per heavy atom. The highest BCUT2D eigenvalue weighted by molar-refractivity contribution is 5.71. The molecule has 0 rings (SSSR count). The highest BCUT2D eigenvalue weighted by atomic mass is 16.5. The quantitative estimate of drug-likeness (QED) is 0.577. The molecule has 0 saturated heterocycles. The van der Waals surface area contributed by atoms with Crippen LogP contribution in [0.5, 0.6) is 0 Å². The molecular weight excluding hydrogens is 198 g/mol. The van der Waals surface area contributed by atoms with Crippen molar-refractivity contribution in [3.05, 3.63) is 0 Å². The van der Waals surface area contributed by atoms with Crippen molar-refractivity contribution in [1.82, 2.24) is 4.90 Å². The molecule has 0 amide bonds. The Bertz CT molecular complexity index is 175. The third-order valence-corrected chi connectivity index (χ3v) is 2.01. The van der Waals surface area contributed by atoms with Crippen LogP contribution in [0.3, 0.4) is 0 Å². The molecular formula is C10H21NO4. The third kappa shape index (κ3) is 7.30. The van der Waals surface area contributed by atoms with E-state index in [9.17, 15) is 9.90 Å². The van der Waals surface area contributed by atoms with Crippen molar-refractivity contribution >= 4 is 5.97 Å². The van der Waals surface area contributed by atoms with E-state index in [0.717, 1.165) is 0 Å². The van der Waals surface area contributed by atoms with Gasteiger partial charge >= 0.3 is 5.97 Å². The predicted molar refractivity (Wildman–Crippen MR) is 56.6 cm³/mol. The summed E-state index contributed by atoms with van der Waals surface area (Å²) in [5, 5.41) is 9.55. The summed E-state index contributed by atoms with van der Waals surface area (Å²) in [7, 11) is 1.35. The van der Waals surface area contributed by atoms with Gasteiger partial charge in [0.25, 0.3) is 0 Å². The molecule has 1 atom stereocenters. The van der Waals surface area contributed by atoms with Crippen molar-refractivity contribution < 1.29 is 19.4 Å². The van der Waals surface area contributed by atoms with Crippen molar-refractivity contribution in [3.8, 4) is 0 Å². The monoisotopic (exact) mass is 219 g/mol. The smallest absolute Gasteiger partial charge is 0.319 e. The van der Waals surface area contributed by atoms with E-state index in [-0.39, 0.29) is 12.5 Å². The van der Waals surface area contributed by atoms with Gasteiger partial charge in [-0.15, -0.1) is 0 Å². The summed E-state index contributed by atoms with van der Waals surface area (Å²) >= 11 is 0. The number of nitrogens with zero attached hydrogens (tertiary/aromatic N) is 1. The van der Waals surface area contributed by atoms with E-state index in [1.807, 2.05) is 18.7 Å². The van der Waals surface area contributed by atoms with Gasteiger partial charge in [-0.2, -0.15) is 0 Å². The molecule has 0 radical (unpaired) electrons. The molecule has 0 spiro atoms. The van der Waals surface area contributed by atoms with Crippen LogP contribution in [0.25, 0.3) is 0 Å². The second-order valence-electron chi connectivity index (χ2n) is 3.22. The summed E-state index contributed by atoms with van der Waals surface area (Å²) in [6, 6.07) is 0. The lowest BCUT2D eigenvalue weighted by molar-refractivity contribution is -0.142.